The molecule has 0 unspecified atom stereocenters. The van der Waals surface area contributed by atoms with Crippen LogP contribution in [0.3, 0.4) is 0 Å². The van der Waals surface area contributed by atoms with Gasteiger partial charge < -0.3 is 0 Å². The van der Waals surface area contributed by atoms with Crippen molar-refractivity contribution < 1.29 is 0 Å². The van der Waals surface area contributed by atoms with Crippen molar-refractivity contribution in [3.63, 3.8) is 0 Å². The predicted molar refractivity (Wildman–Crippen MR) is 104 cm³/mol. The van der Waals surface area contributed by atoms with E-state index in [1.807, 2.05) is 0 Å². The molecule has 0 saturated heterocycles. The number of rotatable bonds is 2. The Labute approximate surface area is 145 Å². The van der Waals surface area contributed by atoms with Gasteiger partial charge in [0.25, 0.3) is 0 Å². The minimum atomic E-state index is 0.576. The van der Waals surface area contributed by atoms with Gasteiger partial charge in [-0.05, 0) is 62.8 Å². The quantitative estimate of drug-likeness (QED) is 0.599. The summed E-state index contributed by atoms with van der Waals surface area (Å²) >= 11 is 0. The van der Waals surface area contributed by atoms with E-state index in [0.29, 0.717) is 11.8 Å². The number of hydrogen-bond acceptors (Lipinski definition) is 0. The van der Waals surface area contributed by atoms with Crippen molar-refractivity contribution in [2.75, 3.05) is 0 Å². The molecule has 0 N–H and O–H groups in total. The largest absolute Gasteiger partial charge is 0.0726 e. The van der Waals surface area contributed by atoms with Crippen molar-refractivity contribution in [2.24, 2.45) is 11.8 Å². The Kier molecular flexibility index (Phi) is 3.72. The molecule has 24 heavy (non-hydrogen) atoms. The Morgan fingerprint density at radius 2 is 0.875 bits per heavy atom. The summed E-state index contributed by atoms with van der Waals surface area (Å²) in [5.41, 5.74) is 11.4. The third-order valence-electron chi connectivity index (χ3n) is 5.46. The Balaban J connectivity index is 1.73. The Hall–Kier alpha value is -2.08. The summed E-state index contributed by atoms with van der Waals surface area (Å²) in [5, 5.41) is 0. The molecule has 0 aliphatic heterocycles. The molecule has 0 nitrogen and oxygen atoms in total. The topological polar surface area (TPSA) is 0 Å². The highest BCUT2D eigenvalue weighted by Crippen LogP contribution is 2.47. The lowest BCUT2D eigenvalue weighted by Gasteiger charge is -2.36. The highest BCUT2D eigenvalue weighted by atomic mass is 14.3. The molecule has 3 aliphatic rings. The normalized spacial score (nSPS) is 22.3. The minimum Gasteiger partial charge on any atom is -0.0726 e. The van der Waals surface area contributed by atoms with E-state index >= 15 is 0 Å². The summed E-state index contributed by atoms with van der Waals surface area (Å²) < 4.78 is 0. The van der Waals surface area contributed by atoms with Crippen molar-refractivity contribution in [1.82, 2.24) is 0 Å². The molecule has 3 aliphatic carbocycles. The summed E-state index contributed by atoms with van der Waals surface area (Å²) in [4.78, 5) is 0. The average molecular weight is 314 g/mol. The van der Waals surface area contributed by atoms with Gasteiger partial charge in [-0.25, -0.2) is 0 Å². The molecule has 0 heterocycles. The average Bonchev–Trinajstić information content (AvgIpc) is 2.53. The number of allylic oxidation sites excluding steroid dienone is 4. The van der Waals surface area contributed by atoms with Crippen molar-refractivity contribution in [2.45, 2.75) is 40.5 Å². The van der Waals surface area contributed by atoms with Crippen molar-refractivity contribution in [3.05, 3.63) is 81.9 Å². The Bertz CT molecular complexity index is 750. The Morgan fingerprint density at radius 1 is 0.542 bits per heavy atom. The SMILES string of the molecule is Cc1cc(C)cc(C2=C[C@H]3CC[C@@H]2C=C3c2cc(C)cc(C)c2)c1. The maximum Gasteiger partial charge on any atom is 0.00275 e. The smallest absolute Gasteiger partial charge is 0.00275 e. The molecule has 0 amide bonds. The monoisotopic (exact) mass is 314 g/mol. The highest BCUT2D eigenvalue weighted by molar-refractivity contribution is 5.82. The molecular formula is C24H26. The van der Waals surface area contributed by atoms with E-state index in [1.54, 1.807) is 11.1 Å². The van der Waals surface area contributed by atoms with Gasteiger partial charge in [0, 0.05) is 11.8 Å². The maximum atomic E-state index is 2.55. The summed E-state index contributed by atoms with van der Waals surface area (Å²) in [6.07, 6.45) is 7.68. The molecular weight excluding hydrogens is 288 g/mol. The number of aryl methyl sites for hydroxylation is 4. The van der Waals surface area contributed by atoms with Crippen LogP contribution < -0.4 is 0 Å². The van der Waals surface area contributed by atoms with Crippen LogP contribution in [0.4, 0.5) is 0 Å². The summed E-state index contributed by atoms with van der Waals surface area (Å²) in [6.45, 7) is 8.81. The first-order valence-corrected chi connectivity index (χ1v) is 9.10. The van der Waals surface area contributed by atoms with Gasteiger partial charge >= 0.3 is 0 Å². The van der Waals surface area contributed by atoms with Gasteiger partial charge in [0.15, 0.2) is 0 Å². The van der Waals surface area contributed by atoms with Gasteiger partial charge in [-0.1, -0.05) is 70.8 Å². The second kappa shape index (κ2) is 5.77. The van der Waals surface area contributed by atoms with Gasteiger partial charge in [0.2, 0.25) is 0 Å². The van der Waals surface area contributed by atoms with E-state index in [0.717, 1.165) is 0 Å². The van der Waals surface area contributed by atoms with E-state index in [4.69, 9.17) is 0 Å². The number of hydrogen-bond donors (Lipinski definition) is 0. The number of fused-ring (bicyclic) bond motifs is 1. The fourth-order valence-electron chi connectivity index (χ4n) is 4.60. The lowest BCUT2D eigenvalue weighted by molar-refractivity contribution is 0.556. The molecule has 0 radical (unpaired) electrons. The maximum absolute atomic E-state index is 2.55. The zero-order valence-corrected chi connectivity index (χ0v) is 15.2. The first-order valence-electron chi connectivity index (χ1n) is 9.10. The lowest BCUT2D eigenvalue weighted by Crippen LogP contribution is -2.20. The van der Waals surface area contributed by atoms with Crippen LogP contribution in [0.5, 0.6) is 0 Å². The first kappa shape index (κ1) is 15.4. The summed E-state index contributed by atoms with van der Waals surface area (Å²) in [5.74, 6) is 1.15. The van der Waals surface area contributed by atoms with Gasteiger partial charge in [0.1, 0.15) is 0 Å². The van der Waals surface area contributed by atoms with Gasteiger partial charge in [0.05, 0.1) is 0 Å². The molecule has 0 aromatic heterocycles. The first-order chi connectivity index (χ1) is 11.5. The molecule has 0 saturated carbocycles. The van der Waals surface area contributed by atoms with E-state index in [-0.39, 0.29) is 0 Å². The minimum absolute atomic E-state index is 0.576. The van der Waals surface area contributed by atoms with Gasteiger partial charge in [-0.2, -0.15) is 0 Å². The summed E-state index contributed by atoms with van der Waals surface area (Å²) in [7, 11) is 0. The zero-order chi connectivity index (χ0) is 16.8. The molecule has 2 aromatic rings. The molecule has 2 atom stereocenters. The highest BCUT2D eigenvalue weighted by Gasteiger charge is 2.31. The van der Waals surface area contributed by atoms with Crippen LogP contribution in [0.15, 0.2) is 48.6 Å². The van der Waals surface area contributed by atoms with Crippen LogP contribution in [-0.2, 0) is 0 Å². The molecule has 0 fully saturated rings. The summed E-state index contributed by atoms with van der Waals surface area (Å²) in [6, 6.07) is 13.9. The van der Waals surface area contributed by atoms with Crippen LogP contribution >= 0.6 is 0 Å². The fraction of sp³-hybridized carbons (Fsp3) is 0.333. The van der Waals surface area contributed by atoms with Crippen LogP contribution in [0.25, 0.3) is 11.1 Å². The lowest BCUT2D eigenvalue weighted by atomic mass is 9.69. The van der Waals surface area contributed by atoms with Gasteiger partial charge in [-0.3, -0.25) is 0 Å². The van der Waals surface area contributed by atoms with Gasteiger partial charge in [-0.15, -0.1) is 0 Å². The Morgan fingerprint density at radius 3 is 1.17 bits per heavy atom. The number of benzene rings is 2. The third-order valence-corrected chi connectivity index (χ3v) is 5.46. The van der Waals surface area contributed by atoms with Crippen LogP contribution in [0.1, 0.15) is 46.2 Å². The molecule has 122 valence electrons. The third kappa shape index (κ3) is 2.75. The van der Waals surface area contributed by atoms with Crippen molar-refractivity contribution in [1.29, 1.82) is 0 Å². The molecule has 5 rings (SSSR count). The molecule has 2 bridgehead atoms. The molecule has 0 spiro atoms. The van der Waals surface area contributed by atoms with E-state index in [1.165, 1.54) is 46.2 Å². The van der Waals surface area contributed by atoms with E-state index in [9.17, 15) is 0 Å². The van der Waals surface area contributed by atoms with Crippen molar-refractivity contribution >= 4 is 11.1 Å². The van der Waals surface area contributed by atoms with Crippen LogP contribution in [0.2, 0.25) is 0 Å². The second-order valence-corrected chi connectivity index (χ2v) is 7.79. The van der Waals surface area contributed by atoms with Crippen molar-refractivity contribution in [3.8, 4) is 0 Å². The molecule has 0 heteroatoms. The predicted octanol–water partition coefficient (Wildman–Crippen LogP) is 6.43. The van der Waals surface area contributed by atoms with Crippen LogP contribution in [-0.4, -0.2) is 0 Å². The fourth-order valence-corrected chi connectivity index (χ4v) is 4.60. The molecule has 2 aromatic carbocycles. The van der Waals surface area contributed by atoms with E-state index < -0.39 is 0 Å². The standard InChI is InChI=1S/C24H26/c1-15-7-16(2)10-21(9-15)23-13-20-6-5-19(23)14-24(20)22-11-17(3)8-18(4)12-22/h7-14,19-20H,5-6H2,1-4H3/t19-,20-/m1/s1. The van der Waals surface area contributed by atoms with Crippen LogP contribution in [0, 0.1) is 39.5 Å². The second-order valence-electron chi connectivity index (χ2n) is 7.79. The van der Waals surface area contributed by atoms with E-state index in [2.05, 4.69) is 76.2 Å². The zero-order valence-electron chi connectivity index (χ0n) is 15.2.